The highest BCUT2D eigenvalue weighted by atomic mass is 79.9. The molecule has 4 heteroatoms. The topological polar surface area (TPSA) is 21.3 Å². The predicted molar refractivity (Wildman–Crippen MR) is 82.6 cm³/mol. The maximum absolute atomic E-state index is 14.2. The third-order valence-corrected chi connectivity index (χ3v) is 3.62. The van der Waals surface area contributed by atoms with Crippen LogP contribution in [0.15, 0.2) is 46.9 Å². The summed E-state index contributed by atoms with van der Waals surface area (Å²) in [6, 6.07) is 12.7. The van der Waals surface area contributed by atoms with Gasteiger partial charge in [0.15, 0.2) is 0 Å². The molecule has 2 aromatic rings. The molecule has 0 spiro atoms. The van der Waals surface area contributed by atoms with Crippen LogP contribution in [0.5, 0.6) is 5.75 Å². The normalized spacial score (nSPS) is 12.2. The molecule has 0 radical (unpaired) electrons. The van der Waals surface area contributed by atoms with Crippen LogP contribution in [0, 0.1) is 5.82 Å². The van der Waals surface area contributed by atoms with Gasteiger partial charge in [0.05, 0.1) is 13.2 Å². The molecule has 0 aliphatic heterocycles. The van der Waals surface area contributed by atoms with Crippen molar-refractivity contribution in [3.05, 3.63) is 63.9 Å². The summed E-state index contributed by atoms with van der Waals surface area (Å²) in [4.78, 5) is 0. The zero-order chi connectivity index (χ0) is 14.5. The maximum Gasteiger partial charge on any atom is 0.129 e. The van der Waals surface area contributed by atoms with E-state index in [4.69, 9.17) is 4.74 Å². The minimum absolute atomic E-state index is 0.168. The SMILES string of the molecule is CCNC(c1ccc(OC)cc1)c1ccc(Br)cc1F. The Hall–Kier alpha value is -1.39. The zero-order valence-electron chi connectivity index (χ0n) is 11.5. The van der Waals surface area contributed by atoms with Gasteiger partial charge in [0, 0.05) is 10.0 Å². The fourth-order valence-electron chi connectivity index (χ4n) is 2.14. The van der Waals surface area contributed by atoms with Crippen LogP contribution in [0.2, 0.25) is 0 Å². The highest BCUT2D eigenvalue weighted by molar-refractivity contribution is 9.10. The first-order valence-electron chi connectivity index (χ1n) is 6.48. The Morgan fingerprint density at radius 2 is 1.90 bits per heavy atom. The summed E-state index contributed by atoms with van der Waals surface area (Å²) in [7, 11) is 1.63. The van der Waals surface area contributed by atoms with Crippen LogP contribution >= 0.6 is 15.9 Å². The Bertz CT molecular complexity index is 571. The summed E-state index contributed by atoms with van der Waals surface area (Å²) in [5.74, 6) is 0.571. The van der Waals surface area contributed by atoms with E-state index in [0.717, 1.165) is 22.3 Å². The van der Waals surface area contributed by atoms with E-state index in [1.807, 2.05) is 37.3 Å². The first-order valence-corrected chi connectivity index (χ1v) is 7.27. The Balaban J connectivity index is 2.38. The highest BCUT2D eigenvalue weighted by Gasteiger charge is 2.17. The van der Waals surface area contributed by atoms with Gasteiger partial charge in [-0.05, 0) is 36.4 Å². The van der Waals surface area contributed by atoms with Gasteiger partial charge in [0.1, 0.15) is 11.6 Å². The molecule has 2 aromatic carbocycles. The maximum atomic E-state index is 14.2. The minimum Gasteiger partial charge on any atom is -0.497 e. The van der Waals surface area contributed by atoms with Crippen molar-refractivity contribution in [2.24, 2.45) is 0 Å². The van der Waals surface area contributed by atoms with Gasteiger partial charge in [0.25, 0.3) is 0 Å². The van der Waals surface area contributed by atoms with E-state index in [0.29, 0.717) is 5.56 Å². The van der Waals surface area contributed by atoms with E-state index in [-0.39, 0.29) is 11.9 Å². The van der Waals surface area contributed by atoms with Gasteiger partial charge in [-0.2, -0.15) is 0 Å². The Morgan fingerprint density at radius 3 is 2.45 bits per heavy atom. The van der Waals surface area contributed by atoms with Gasteiger partial charge in [-0.15, -0.1) is 0 Å². The molecule has 1 atom stereocenters. The molecule has 0 fully saturated rings. The molecule has 0 aliphatic rings. The molecule has 2 nitrogen and oxygen atoms in total. The summed E-state index contributed by atoms with van der Waals surface area (Å²) in [6.07, 6.45) is 0. The number of hydrogen-bond donors (Lipinski definition) is 1. The number of ether oxygens (including phenoxy) is 1. The summed E-state index contributed by atoms with van der Waals surface area (Å²) in [5, 5.41) is 3.32. The molecule has 1 unspecified atom stereocenters. The second-order valence-corrected chi connectivity index (χ2v) is 5.35. The van der Waals surface area contributed by atoms with E-state index in [9.17, 15) is 4.39 Å². The van der Waals surface area contributed by atoms with Crippen LogP contribution in [-0.2, 0) is 0 Å². The van der Waals surface area contributed by atoms with Crippen LogP contribution in [0.4, 0.5) is 4.39 Å². The quantitative estimate of drug-likeness (QED) is 0.878. The Kier molecular flexibility index (Phi) is 5.15. The Morgan fingerprint density at radius 1 is 1.20 bits per heavy atom. The number of methoxy groups -OCH3 is 1. The van der Waals surface area contributed by atoms with Crippen molar-refractivity contribution in [2.45, 2.75) is 13.0 Å². The molecule has 20 heavy (non-hydrogen) atoms. The van der Waals surface area contributed by atoms with Gasteiger partial charge in [-0.25, -0.2) is 4.39 Å². The smallest absolute Gasteiger partial charge is 0.129 e. The van der Waals surface area contributed by atoms with Gasteiger partial charge in [-0.1, -0.05) is 41.1 Å². The molecule has 0 saturated carbocycles. The monoisotopic (exact) mass is 337 g/mol. The van der Waals surface area contributed by atoms with Crippen molar-refractivity contribution in [3.8, 4) is 5.75 Å². The zero-order valence-corrected chi connectivity index (χ0v) is 13.1. The van der Waals surface area contributed by atoms with Crippen LogP contribution in [-0.4, -0.2) is 13.7 Å². The number of nitrogens with one attached hydrogen (secondary N) is 1. The Labute approximate surface area is 127 Å². The van der Waals surface area contributed by atoms with E-state index in [2.05, 4.69) is 21.2 Å². The molecule has 1 N–H and O–H groups in total. The summed E-state index contributed by atoms with van der Waals surface area (Å²) in [5.41, 5.74) is 1.65. The summed E-state index contributed by atoms with van der Waals surface area (Å²) in [6.45, 7) is 2.76. The van der Waals surface area contributed by atoms with Crippen molar-refractivity contribution in [3.63, 3.8) is 0 Å². The van der Waals surface area contributed by atoms with E-state index >= 15 is 0 Å². The lowest BCUT2D eigenvalue weighted by Crippen LogP contribution is -2.23. The van der Waals surface area contributed by atoms with E-state index in [1.165, 1.54) is 6.07 Å². The fourth-order valence-corrected chi connectivity index (χ4v) is 2.48. The van der Waals surface area contributed by atoms with Crippen molar-refractivity contribution in [2.75, 3.05) is 13.7 Å². The van der Waals surface area contributed by atoms with Crippen molar-refractivity contribution in [1.29, 1.82) is 0 Å². The second kappa shape index (κ2) is 6.86. The van der Waals surface area contributed by atoms with Gasteiger partial charge in [-0.3, -0.25) is 0 Å². The van der Waals surface area contributed by atoms with Crippen molar-refractivity contribution in [1.82, 2.24) is 5.32 Å². The van der Waals surface area contributed by atoms with Crippen LogP contribution in [0.3, 0.4) is 0 Å². The molecular weight excluding hydrogens is 321 g/mol. The average Bonchev–Trinajstić information content (AvgIpc) is 2.46. The molecule has 2 rings (SSSR count). The van der Waals surface area contributed by atoms with Crippen LogP contribution < -0.4 is 10.1 Å². The fraction of sp³-hybridized carbons (Fsp3) is 0.250. The van der Waals surface area contributed by atoms with E-state index < -0.39 is 0 Å². The number of rotatable bonds is 5. The number of benzene rings is 2. The number of halogens is 2. The van der Waals surface area contributed by atoms with Crippen molar-refractivity contribution >= 4 is 15.9 Å². The van der Waals surface area contributed by atoms with E-state index in [1.54, 1.807) is 13.2 Å². The van der Waals surface area contributed by atoms with Crippen molar-refractivity contribution < 1.29 is 9.13 Å². The lowest BCUT2D eigenvalue weighted by Gasteiger charge is -2.20. The molecular formula is C16H17BrFNO. The highest BCUT2D eigenvalue weighted by Crippen LogP contribution is 2.27. The molecule has 0 saturated heterocycles. The predicted octanol–water partition coefficient (Wildman–Crippen LogP) is 4.30. The first-order chi connectivity index (χ1) is 9.65. The molecule has 0 aliphatic carbocycles. The lowest BCUT2D eigenvalue weighted by atomic mass is 9.98. The summed E-state index contributed by atoms with van der Waals surface area (Å²) < 4.78 is 20.1. The molecule has 0 heterocycles. The van der Waals surface area contributed by atoms with Crippen LogP contribution in [0.25, 0.3) is 0 Å². The van der Waals surface area contributed by atoms with Crippen LogP contribution in [0.1, 0.15) is 24.1 Å². The average molecular weight is 338 g/mol. The molecule has 0 bridgehead atoms. The standard InChI is InChI=1S/C16H17BrFNO/c1-3-19-16(11-4-7-13(20-2)8-5-11)14-9-6-12(17)10-15(14)18/h4-10,16,19H,3H2,1-2H3. The molecule has 106 valence electrons. The molecule has 0 aromatic heterocycles. The second-order valence-electron chi connectivity index (χ2n) is 4.43. The first kappa shape index (κ1) is 15.0. The minimum atomic E-state index is -0.221. The van der Waals surface area contributed by atoms with Gasteiger partial charge < -0.3 is 10.1 Å². The lowest BCUT2D eigenvalue weighted by molar-refractivity contribution is 0.414. The summed E-state index contributed by atoms with van der Waals surface area (Å²) >= 11 is 3.28. The van der Waals surface area contributed by atoms with Gasteiger partial charge >= 0.3 is 0 Å². The molecule has 0 amide bonds. The van der Waals surface area contributed by atoms with Gasteiger partial charge in [0.2, 0.25) is 0 Å². The third-order valence-electron chi connectivity index (χ3n) is 3.13. The third kappa shape index (κ3) is 3.38. The number of hydrogen-bond acceptors (Lipinski definition) is 2. The largest absolute Gasteiger partial charge is 0.497 e.